The van der Waals surface area contributed by atoms with Crippen LogP contribution in [-0.2, 0) is 4.74 Å². The summed E-state index contributed by atoms with van der Waals surface area (Å²) >= 11 is 0. The van der Waals surface area contributed by atoms with Crippen LogP contribution in [0.15, 0.2) is 30.3 Å². The van der Waals surface area contributed by atoms with Gasteiger partial charge in [-0.15, -0.1) is 0 Å². The van der Waals surface area contributed by atoms with Crippen molar-refractivity contribution in [1.82, 2.24) is 5.32 Å². The number of hydrogen-bond acceptors (Lipinski definition) is 2. The number of nitrogens with one attached hydrogen (secondary N) is 1. The van der Waals surface area contributed by atoms with Gasteiger partial charge in [-0.05, 0) is 30.9 Å². The molecule has 0 aliphatic heterocycles. The van der Waals surface area contributed by atoms with E-state index < -0.39 is 0 Å². The van der Waals surface area contributed by atoms with Crippen molar-refractivity contribution in [2.45, 2.75) is 46.1 Å². The molecule has 19 heavy (non-hydrogen) atoms. The predicted octanol–water partition coefficient (Wildman–Crippen LogP) is 4.18. The lowest BCUT2D eigenvalue weighted by molar-refractivity contribution is 0.127. The van der Waals surface area contributed by atoms with Gasteiger partial charge < -0.3 is 10.1 Å². The van der Waals surface area contributed by atoms with Crippen molar-refractivity contribution in [3.8, 4) is 0 Å². The van der Waals surface area contributed by atoms with Crippen molar-refractivity contribution >= 4 is 0 Å². The fraction of sp³-hybridized carbons (Fsp3) is 0.647. The van der Waals surface area contributed by atoms with Crippen LogP contribution in [0.5, 0.6) is 0 Å². The van der Waals surface area contributed by atoms with E-state index in [0.717, 1.165) is 26.2 Å². The fourth-order valence-corrected chi connectivity index (χ4v) is 2.18. The molecule has 0 aliphatic rings. The molecule has 0 spiro atoms. The molecule has 1 aromatic carbocycles. The number of hydrogen-bond donors (Lipinski definition) is 1. The third-order valence-electron chi connectivity index (χ3n) is 3.30. The molecular weight excluding hydrogens is 234 g/mol. The Balaban J connectivity index is 2.24. The van der Waals surface area contributed by atoms with Gasteiger partial charge in [0.15, 0.2) is 0 Å². The molecule has 1 atom stereocenters. The molecule has 0 saturated heterocycles. The van der Waals surface area contributed by atoms with Gasteiger partial charge in [0.25, 0.3) is 0 Å². The van der Waals surface area contributed by atoms with Gasteiger partial charge in [-0.1, -0.05) is 57.5 Å². The van der Waals surface area contributed by atoms with Crippen LogP contribution in [0.3, 0.4) is 0 Å². The topological polar surface area (TPSA) is 21.3 Å². The second kappa shape index (κ2) is 9.99. The smallest absolute Gasteiger partial charge is 0.0478 e. The molecule has 0 bridgehead atoms. The standard InChI is InChI=1S/C17H29NO/c1-4-5-13-19-14-9-12-18-17(15(2)3)16-10-7-6-8-11-16/h6-8,10-11,15,17-18H,4-5,9,12-14H2,1-3H3. The van der Waals surface area contributed by atoms with E-state index in [2.05, 4.69) is 56.4 Å². The largest absolute Gasteiger partial charge is 0.381 e. The van der Waals surface area contributed by atoms with Crippen LogP contribution in [0, 0.1) is 5.92 Å². The van der Waals surface area contributed by atoms with Gasteiger partial charge in [-0.25, -0.2) is 0 Å². The summed E-state index contributed by atoms with van der Waals surface area (Å²) in [6.07, 6.45) is 3.47. The van der Waals surface area contributed by atoms with E-state index in [1.807, 2.05) is 0 Å². The summed E-state index contributed by atoms with van der Waals surface area (Å²) in [5, 5.41) is 3.65. The number of unbranched alkanes of at least 4 members (excludes halogenated alkanes) is 1. The van der Waals surface area contributed by atoms with Crippen molar-refractivity contribution in [2.75, 3.05) is 19.8 Å². The average molecular weight is 263 g/mol. The first-order valence-electron chi connectivity index (χ1n) is 7.61. The second-order valence-electron chi connectivity index (χ2n) is 5.41. The number of ether oxygens (including phenoxy) is 1. The van der Waals surface area contributed by atoms with Crippen LogP contribution >= 0.6 is 0 Å². The van der Waals surface area contributed by atoms with Gasteiger partial charge in [0.05, 0.1) is 0 Å². The minimum atomic E-state index is 0.442. The summed E-state index contributed by atoms with van der Waals surface area (Å²) in [5.41, 5.74) is 1.38. The Kier molecular flexibility index (Phi) is 8.52. The van der Waals surface area contributed by atoms with Crippen LogP contribution in [0.4, 0.5) is 0 Å². The highest BCUT2D eigenvalue weighted by molar-refractivity contribution is 5.19. The number of benzene rings is 1. The Morgan fingerprint density at radius 3 is 2.37 bits per heavy atom. The molecule has 0 heterocycles. The van der Waals surface area contributed by atoms with Crippen molar-refractivity contribution in [3.05, 3.63) is 35.9 Å². The molecule has 2 heteroatoms. The highest BCUT2D eigenvalue weighted by atomic mass is 16.5. The molecular formula is C17H29NO. The Morgan fingerprint density at radius 2 is 1.74 bits per heavy atom. The minimum absolute atomic E-state index is 0.442. The third-order valence-corrected chi connectivity index (χ3v) is 3.30. The summed E-state index contributed by atoms with van der Waals surface area (Å²) in [5.74, 6) is 0.600. The van der Waals surface area contributed by atoms with Gasteiger partial charge in [-0.2, -0.15) is 0 Å². The monoisotopic (exact) mass is 263 g/mol. The lowest BCUT2D eigenvalue weighted by Gasteiger charge is -2.23. The Labute approximate surface area is 118 Å². The van der Waals surface area contributed by atoms with E-state index in [4.69, 9.17) is 4.74 Å². The van der Waals surface area contributed by atoms with Crippen LogP contribution in [0.25, 0.3) is 0 Å². The SMILES string of the molecule is CCCCOCCCNC(c1ccccc1)C(C)C. The van der Waals surface area contributed by atoms with Crippen LogP contribution < -0.4 is 5.32 Å². The molecule has 0 aromatic heterocycles. The molecule has 0 aliphatic carbocycles. The fourth-order valence-electron chi connectivity index (χ4n) is 2.18. The zero-order chi connectivity index (χ0) is 13.9. The van der Waals surface area contributed by atoms with E-state index in [9.17, 15) is 0 Å². The van der Waals surface area contributed by atoms with E-state index in [1.54, 1.807) is 0 Å². The maximum absolute atomic E-state index is 5.58. The Hall–Kier alpha value is -0.860. The van der Waals surface area contributed by atoms with E-state index in [0.29, 0.717) is 12.0 Å². The normalized spacial score (nSPS) is 12.8. The molecule has 0 saturated carbocycles. The van der Waals surface area contributed by atoms with Crippen LogP contribution in [0.2, 0.25) is 0 Å². The quantitative estimate of drug-likeness (QED) is 0.639. The first-order valence-corrected chi connectivity index (χ1v) is 7.61. The molecule has 0 fully saturated rings. The van der Waals surface area contributed by atoms with Crippen molar-refractivity contribution in [3.63, 3.8) is 0 Å². The van der Waals surface area contributed by atoms with Crippen LogP contribution in [0.1, 0.15) is 51.6 Å². The molecule has 1 N–H and O–H groups in total. The highest BCUT2D eigenvalue weighted by Crippen LogP contribution is 2.20. The zero-order valence-electron chi connectivity index (χ0n) is 12.7. The zero-order valence-corrected chi connectivity index (χ0v) is 12.7. The van der Waals surface area contributed by atoms with Gasteiger partial charge in [0, 0.05) is 19.3 Å². The molecule has 2 nitrogen and oxygen atoms in total. The predicted molar refractivity (Wildman–Crippen MR) is 82.4 cm³/mol. The lowest BCUT2D eigenvalue weighted by Crippen LogP contribution is -2.27. The van der Waals surface area contributed by atoms with Crippen molar-refractivity contribution < 1.29 is 4.74 Å². The molecule has 0 radical (unpaired) electrons. The van der Waals surface area contributed by atoms with Gasteiger partial charge >= 0.3 is 0 Å². The maximum Gasteiger partial charge on any atom is 0.0478 e. The highest BCUT2D eigenvalue weighted by Gasteiger charge is 2.13. The molecule has 0 amide bonds. The summed E-state index contributed by atoms with van der Waals surface area (Å²) < 4.78 is 5.58. The summed E-state index contributed by atoms with van der Waals surface area (Å²) in [7, 11) is 0. The first kappa shape index (κ1) is 16.2. The summed E-state index contributed by atoms with van der Waals surface area (Å²) in [6.45, 7) is 9.52. The van der Waals surface area contributed by atoms with E-state index in [1.165, 1.54) is 18.4 Å². The molecule has 108 valence electrons. The molecule has 1 rings (SSSR count). The Morgan fingerprint density at radius 1 is 1.05 bits per heavy atom. The van der Waals surface area contributed by atoms with E-state index in [-0.39, 0.29) is 0 Å². The number of rotatable bonds is 10. The maximum atomic E-state index is 5.58. The van der Waals surface area contributed by atoms with Gasteiger partial charge in [0.2, 0.25) is 0 Å². The molecule has 1 aromatic rings. The van der Waals surface area contributed by atoms with Gasteiger partial charge in [0.1, 0.15) is 0 Å². The second-order valence-corrected chi connectivity index (χ2v) is 5.41. The summed E-state index contributed by atoms with van der Waals surface area (Å²) in [6, 6.07) is 11.1. The Bertz CT molecular complexity index is 310. The molecule has 1 unspecified atom stereocenters. The van der Waals surface area contributed by atoms with Crippen molar-refractivity contribution in [1.29, 1.82) is 0 Å². The van der Waals surface area contributed by atoms with Gasteiger partial charge in [-0.3, -0.25) is 0 Å². The lowest BCUT2D eigenvalue weighted by atomic mass is 9.96. The summed E-state index contributed by atoms with van der Waals surface area (Å²) in [4.78, 5) is 0. The average Bonchev–Trinajstić information content (AvgIpc) is 2.42. The van der Waals surface area contributed by atoms with E-state index >= 15 is 0 Å². The first-order chi connectivity index (χ1) is 9.25. The minimum Gasteiger partial charge on any atom is -0.381 e. The van der Waals surface area contributed by atoms with Crippen LogP contribution in [-0.4, -0.2) is 19.8 Å². The van der Waals surface area contributed by atoms with Crippen molar-refractivity contribution in [2.24, 2.45) is 5.92 Å². The third kappa shape index (κ3) is 6.74.